The number of benzene rings is 1. The van der Waals surface area contributed by atoms with Gasteiger partial charge in [0.1, 0.15) is 22.8 Å². The molecule has 5 N–H and O–H groups in total. The zero-order valence-electron chi connectivity index (χ0n) is 22.4. The van der Waals surface area contributed by atoms with Gasteiger partial charge < -0.3 is 21.1 Å². The van der Waals surface area contributed by atoms with Crippen molar-refractivity contribution in [2.75, 3.05) is 33.7 Å². The number of rotatable bonds is 5. The number of ketones is 3. The maximum Gasteiger partial charge on any atom is 0.255 e. The maximum absolute atomic E-state index is 13.8. The van der Waals surface area contributed by atoms with Crippen molar-refractivity contribution in [2.24, 2.45) is 29.4 Å². The highest BCUT2D eigenvalue weighted by atomic mass is 16.3. The first kappa shape index (κ1) is 27.1. The van der Waals surface area contributed by atoms with Crippen molar-refractivity contribution in [3.63, 3.8) is 0 Å². The number of hydrogen-bond donors (Lipinski definition) is 4. The quantitative estimate of drug-likeness (QED) is 0.249. The topological polar surface area (TPSA) is 161 Å². The van der Waals surface area contributed by atoms with Gasteiger partial charge in [0, 0.05) is 11.1 Å². The zero-order valence-corrected chi connectivity index (χ0v) is 22.4. The van der Waals surface area contributed by atoms with Gasteiger partial charge in [-0.3, -0.25) is 29.0 Å². The molecule has 2 fully saturated rings. The normalized spacial score (nSPS) is 27.9. The number of phenolic OH excluding ortho intramolecular Hbond substituents is 1. The second-order valence-corrected chi connectivity index (χ2v) is 11.7. The van der Waals surface area contributed by atoms with Crippen LogP contribution in [0.25, 0.3) is 5.76 Å². The molecule has 1 saturated heterocycles. The lowest BCUT2D eigenvalue weighted by Crippen LogP contribution is -2.55. The molecule has 4 atom stereocenters. The number of aromatic hydroxyl groups is 1. The van der Waals surface area contributed by atoms with Gasteiger partial charge in [-0.2, -0.15) is 0 Å². The van der Waals surface area contributed by atoms with Crippen LogP contribution in [-0.2, 0) is 20.8 Å². The summed E-state index contributed by atoms with van der Waals surface area (Å²) in [5.74, 6) is -5.81. The summed E-state index contributed by atoms with van der Waals surface area (Å²) >= 11 is 0. The summed E-state index contributed by atoms with van der Waals surface area (Å²) in [5, 5.41) is 32.9. The Bertz CT molecular complexity index is 1340. The second-order valence-electron chi connectivity index (χ2n) is 11.7. The number of hydrogen-bond acceptors (Lipinski definition) is 9. The Morgan fingerprint density at radius 1 is 1.08 bits per heavy atom. The zero-order chi connectivity index (χ0) is 28.3. The van der Waals surface area contributed by atoms with Gasteiger partial charge in [0.2, 0.25) is 0 Å². The van der Waals surface area contributed by atoms with Crippen LogP contribution < -0.4 is 5.73 Å². The monoisotopic (exact) mass is 537 g/mol. The van der Waals surface area contributed by atoms with Gasteiger partial charge >= 0.3 is 0 Å². The molecule has 1 saturated carbocycles. The number of piperidine rings is 1. The Kier molecular flexibility index (Phi) is 6.88. The predicted octanol–water partition coefficient (Wildman–Crippen LogP) is 1.76. The summed E-state index contributed by atoms with van der Waals surface area (Å²) in [6.45, 7) is 4.07. The summed E-state index contributed by atoms with van der Waals surface area (Å²) in [7, 11) is 3.35. The lowest BCUT2D eigenvalue weighted by Gasteiger charge is -2.46. The van der Waals surface area contributed by atoms with Gasteiger partial charge in [-0.1, -0.05) is 6.92 Å². The van der Waals surface area contributed by atoms with Crippen molar-refractivity contribution in [3.8, 4) is 5.75 Å². The van der Waals surface area contributed by atoms with Crippen molar-refractivity contribution in [2.45, 2.75) is 38.6 Å². The number of likely N-dealkylation sites (N-methyl/N-ethyl adjacent to an activating group) is 1. The third kappa shape index (κ3) is 4.35. The first-order valence-electron chi connectivity index (χ1n) is 13.4. The molecule has 1 aromatic carbocycles. The molecule has 0 bridgehead atoms. The van der Waals surface area contributed by atoms with Crippen molar-refractivity contribution in [1.82, 2.24) is 9.80 Å². The Morgan fingerprint density at radius 2 is 1.74 bits per heavy atom. The van der Waals surface area contributed by atoms with Crippen molar-refractivity contribution in [1.29, 1.82) is 0 Å². The molecule has 0 aromatic heterocycles. The van der Waals surface area contributed by atoms with E-state index in [0.717, 1.165) is 25.9 Å². The molecule has 1 heterocycles. The molecule has 10 nitrogen and oxygen atoms in total. The third-order valence-electron chi connectivity index (χ3n) is 8.99. The molecule has 3 aliphatic carbocycles. The van der Waals surface area contributed by atoms with Gasteiger partial charge in [-0.25, -0.2) is 0 Å². The number of amides is 1. The van der Waals surface area contributed by atoms with Crippen LogP contribution >= 0.6 is 0 Å². The van der Waals surface area contributed by atoms with Crippen LogP contribution in [-0.4, -0.2) is 88.1 Å². The number of phenols is 1. The molecule has 208 valence electrons. The average molecular weight is 538 g/mol. The van der Waals surface area contributed by atoms with E-state index in [4.69, 9.17) is 5.73 Å². The fraction of sp³-hybridized carbons (Fsp3) is 0.517. The van der Waals surface area contributed by atoms with Crippen LogP contribution in [0.4, 0.5) is 0 Å². The maximum atomic E-state index is 13.8. The fourth-order valence-corrected chi connectivity index (χ4v) is 7.04. The number of likely N-dealkylation sites (tertiary alicyclic amines) is 1. The summed E-state index contributed by atoms with van der Waals surface area (Å²) in [6, 6.07) is 2.10. The van der Waals surface area contributed by atoms with E-state index in [1.807, 2.05) is 0 Å². The fourth-order valence-electron chi connectivity index (χ4n) is 7.04. The molecule has 4 aliphatic rings. The first-order valence-corrected chi connectivity index (χ1v) is 13.4. The lowest BCUT2D eigenvalue weighted by molar-refractivity contribution is -0.136. The lowest BCUT2D eigenvalue weighted by atomic mass is 9.59. The van der Waals surface area contributed by atoms with E-state index in [1.165, 1.54) is 6.07 Å². The third-order valence-corrected chi connectivity index (χ3v) is 8.99. The number of aliphatic hydroxyl groups is 2. The van der Waals surface area contributed by atoms with E-state index in [9.17, 15) is 34.5 Å². The summed E-state index contributed by atoms with van der Waals surface area (Å²) in [5.41, 5.74) is 5.71. The van der Waals surface area contributed by atoms with Gasteiger partial charge in [-0.15, -0.1) is 0 Å². The first-order chi connectivity index (χ1) is 18.4. The predicted molar refractivity (Wildman–Crippen MR) is 142 cm³/mol. The molecule has 0 radical (unpaired) electrons. The van der Waals surface area contributed by atoms with Gasteiger partial charge in [-0.05, 0) is 88.3 Å². The molecule has 0 spiro atoms. The standard InChI is InChI=1S/C29H35N3O7/c1-13-6-8-32(9-7-13)12-19(34)15-4-5-18(33)21-16(15)10-14-11-17-22(26(36)20(14)25(21)35)27(37)23(29(30)39)28(38)24(17)31(2)3/h4-5,13-14,17,22,24,33,35,38H,6-12H2,1-3H3,(H2,30,39)/t14?,17?,22?,24-/m0/s1. The molecular weight excluding hydrogens is 502 g/mol. The number of carbonyl (C=O) groups excluding carboxylic acids is 4. The highest BCUT2D eigenvalue weighted by molar-refractivity contribution is 6.28. The number of fused-ring (bicyclic) bond motifs is 3. The SMILES string of the molecule is CC1CCN(CC(=O)c2ccc(O)c3c2CC2CC4C(C(=O)C(C(N)=O)=C(O)[C@H]4N(C)C)C(=O)C2=C3O)CC1. The van der Waals surface area contributed by atoms with Crippen molar-refractivity contribution in [3.05, 3.63) is 45.7 Å². The Labute approximate surface area is 226 Å². The van der Waals surface area contributed by atoms with Crippen LogP contribution in [0.2, 0.25) is 0 Å². The molecule has 1 aromatic rings. The number of primary amides is 1. The number of aliphatic hydroxyl groups excluding tert-OH is 2. The molecule has 5 rings (SSSR count). The minimum atomic E-state index is -1.31. The van der Waals surface area contributed by atoms with Crippen molar-refractivity contribution < 1.29 is 34.5 Å². The number of Topliss-reactive ketones (excluding diaryl/α,β-unsaturated/α-hetero) is 3. The molecule has 1 aliphatic heterocycles. The molecule has 39 heavy (non-hydrogen) atoms. The molecule has 3 unspecified atom stereocenters. The average Bonchev–Trinajstić information content (AvgIpc) is 2.84. The van der Waals surface area contributed by atoms with Crippen LogP contribution in [0.15, 0.2) is 29.0 Å². The van der Waals surface area contributed by atoms with Crippen LogP contribution in [0, 0.1) is 23.7 Å². The van der Waals surface area contributed by atoms with Crippen LogP contribution in [0.5, 0.6) is 5.75 Å². The van der Waals surface area contributed by atoms with E-state index in [-0.39, 0.29) is 42.1 Å². The van der Waals surface area contributed by atoms with E-state index in [1.54, 1.807) is 25.1 Å². The second kappa shape index (κ2) is 9.91. The summed E-state index contributed by atoms with van der Waals surface area (Å²) < 4.78 is 0. The Morgan fingerprint density at radius 3 is 2.36 bits per heavy atom. The van der Waals surface area contributed by atoms with Crippen molar-refractivity contribution >= 4 is 29.0 Å². The van der Waals surface area contributed by atoms with Crippen LogP contribution in [0.1, 0.15) is 47.7 Å². The van der Waals surface area contributed by atoms with Gasteiger partial charge in [0.05, 0.1) is 24.1 Å². The molecule has 1 amide bonds. The minimum absolute atomic E-state index is 0.00438. The Hall–Kier alpha value is -3.50. The largest absolute Gasteiger partial charge is 0.510 e. The molecular formula is C29H35N3O7. The Balaban J connectivity index is 1.55. The number of carbonyl (C=O) groups is 4. The summed E-state index contributed by atoms with van der Waals surface area (Å²) in [6.07, 6.45) is 2.49. The van der Waals surface area contributed by atoms with Gasteiger partial charge in [0.25, 0.3) is 5.91 Å². The van der Waals surface area contributed by atoms with Crippen LogP contribution in [0.3, 0.4) is 0 Å². The highest BCUT2D eigenvalue weighted by Crippen LogP contribution is 2.50. The number of nitrogens with two attached hydrogens (primary N) is 1. The van der Waals surface area contributed by atoms with Gasteiger partial charge in [0.15, 0.2) is 17.3 Å². The van der Waals surface area contributed by atoms with E-state index in [2.05, 4.69) is 11.8 Å². The van der Waals surface area contributed by atoms with E-state index in [0.29, 0.717) is 17.0 Å². The number of nitrogens with zero attached hydrogens (tertiary/aromatic N) is 2. The summed E-state index contributed by atoms with van der Waals surface area (Å²) in [4.78, 5) is 56.4. The van der Waals surface area contributed by atoms with E-state index >= 15 is 0 Å². The van der Waals surface area contributed by atoms with E-state index < -0.39 is 58.4 Å². The smallest absolute Gasteiger partial charge is 0.255 e. The highest BCUT2D eigenvalue weighted by Gasteiger charge is 2.55. The number of allylic oxidation sites excluding steroid dienone is 1. The molecule has 10 heteroatoms. The minimum Gasteiger partial charge on any atom is -0.510 e.